The molecule has 0 spiro atoms. The highest BCUT2D eigenvalue weighted by atomic mass is 16.5. The van der Waals surface area contributed by atoms with Gasteiger partial charge in [-0.1, -0.05) is 194 Å². The summed E-state index contributed by atoms with van der Waals surface area (Å²) in [5, 5.41) is 12.5. The van der Waals surface area contributed by atoms with E-state index in [1.165, 1.54) is 131 Å². The fourth-order valence-corrected chi connectivity index (χ4v) is 12.2. The fourth-order valence-electron chi connectivity index (χ4n) is 12.2. The number of aromatic nitrogens is 1. The second-order valence-corrected chi connectivity index (χ2v) is 18.2. The average Bonchev–Trinajstić information content (AvgIpc) is 3.72. The van der Waals surface area contributed by atoms with Crippen LogP contribution in [0.15, 0.2) is 231 Å². The van der Waals surface area contributed by atoms with Crippen molar-refractivity contribution in [2.24, 2.45) is 0 Å². The van der Waals surface area contributed by atoms with Gasteiger partial charge < -0.3 is 9.30 Å². The number of fused-ring (bicyclic) bond motifs is 11. The number of ether oxygens (including phenoxy) is 1. The summed E-state index contributed by atoms with van der Waals surface area (Å²) in [4.78, 5) is 0. The quantitative estimate of drug-likeness (QED) is 0.127. The zero-order valence-corrected chi connectivity index (χ0v) is 36.4. The van der Waals surface area contributed by atoms with Gasteiger partial charge in [-0.2, -0.15) is 0 Å². The summed E-state index contributed by atoms with van der Waals surface area (Å²) in [6, 6.07) is 85.3. The minimum atomic E-state index is -0.0191. The van der Waals surface area contributed by atoms with Crippen molar-refractivity contribution in [1.82, 2.24) is 4.57 Å². The lowest BCUT2D eigenvalue weighted by Crippen LogP contribution is -2.58. The first-order chi connectivity index (χ1) is 33.3. The third kappa shape index (κ3) is 5.11. The zero-order valence-electron chi connectivity index (χ0n) is 36.4. The first-order valence-corrected chi connectivity index (χ1v) is 23.3. The number of nitrogens with zero attached hydrogens (tertiary/aromatic N) is 1. The second-order valence-electron chi connectivity index (χ2n) is 18.2. The van der Waals surface area contributed by atoms with Crippen LogP contribution in [0.3, 0.4) is 0 Å². The minimum Gasteiger partial charge on any atom is -0.458 e. The molecule has 12 aromatic carbocycles. The van der Waals surface area contributed by atoms with Gasteiger partial charge >= 0.3 is 0 Å². The molecule has 13 aromatic rings. The number of benzene rings is 12. The fraction of sp³-hybridized carbons (Fsp3) is 0. The van der Waals surface area contributed by atoms with Gasteiger partial charge in [-0.3, -0.25) is 0 Å². The summed E-state index contributed by atoms with van der Waals surface area (Å²) in [5.41, 5.74) is 17.3. The van der Waals surface area contributed by atoms with Crippen molar-refractivity contribution in [2.45, 2.75) is 0 Å². The molecule has 0 atom stereocenters. The van der Waals surface area contributed by atoms with E-state index in [-0.39, 0.29) is 6.71 Å². The molecule has 308 valence electrons. The largest absolute Gasteiger partial charge is 0.458 e. The summed E-state index contributed by atoms with van der Waals surface area (Å²) >= 11 is 0. The Hall–Kier alpha value is -8.66. The van der Waals surface area contributed by atoms with E-state index in [2.05, 4.69) is 235 Å². The van der Waals surface area contributed by atoms with Crippen LogP contribution >= 0.6 is 0 Å². The molecule has 0 fully saturated rings. The SMILES string of the molecule is c1ccc(-c2c3ccccc3c(-c3ccc4c(c3)c3cc(-c5c6ccccc6c(-c6ccccc6)c6ccccc56)cc5c3n4-c3cccc4c3B5c3ccccc3O4)c3ccccc23)cc1. The van der Waals surface area contributed by atoms with Crippen LogP contribution < -0.4 is 21.1 Å². The van der Waals surface area contributed by atoms with Gasteiger partial charge in [0.2, 0.25) is 0 Å². The lowest BCUT2D eigenvalue weighted by Gasteiger charge is -2.33. The van der Waals surface area contributed by atoms with Crippen LogP contribution in [0, 0.1) is 0 Å². The van der Waals surface area contributed by atoms with Gasteiger partial charge in [0.25, 0.3) is 6.71 Å². The molecule has 0 saturated heterocycles. The topological polar surface area (TPSA) is 14.2 Å². The summed E-state index contributed by atoms with van der Waals surface area (Å²) in [6.07, 6.45) is 0. The Labute approximate surface area is 387 Å². The van der Waals surface area contributed by atoms with E-state index < -0.39 is 0 Å². The highest BCUT2D eigenvalue weighted by Crippen LogP contribution is 2.48. The molecule has 3 heterocycles. The molecule has 15 rings (SSSR count). The lowest BCUT2D eigenvalue weighted by molar-refractivity contribution is 0.487. The maximum absolute atomic E-state index is 6.80. The Kier molecular flexibility index (Phi) is 7.62. The molecule has 0 N–H and O–H groups in total. The van der Waals surface area contributed by atoms with Crippen LogP contribution in [0.2, 0.25) is 0 Å². The Morgan fingerprint density at radius 1 is 0.299 bits per heavy atom. The molecule has 0 saturated carbocycles. The van der Waals surface area contributed by atoms with Gasteiger partial charge in [0.15, 0.2) is 0 Å². The van der Waals surface area contributed by atoms with Crippen LogP contribution in [0.5, 0.6) is 11.5 Å². The molecular weight excluding hydrogens is 810 g/mol. The molecule has 67 heavy (non-hydrogen) atoms. The van der Waals surface area contributed by atoms with Crippen molar-refractivity contribution in [3.8, 4) is 61.7 Å². The van der Waals surface area contributed by atoms with E-state index in [4.69, 9.17) is 4.74 Å². The van der Waals surface area contributed by atoms with Crippen LogP contribution in [0.25, 0.3) is 115 Å². The highest BCUT2D eigenvalue weighted by molar-refractivity contribution is 6.99. The van der Waals surface area contributed by atoms with E-state index in [0.717, 1.165) is 11.5 Å². The summed E-state index contributed by atoms with van der Waals surface area (Å²) < 4.78 is 9.33. The maximum atomic E-state index is 6.80. The second kappa shape index (κ2) is 13.9. The number of hydrogen-bond acceptors (Lipinski definition) is 1. The molecular formula is C64H38BNO. The number of hydrogen-bond donors (Lipinski definition) is 0. The summed E-state index contributed by atoms with van der Waals surface area (Å²) in [6.45, 7) is -0.0191. The Morgan fingerprint density at radius 2 is 0.746 bits per heavy atom. The van der Waals surface area contributed by atoms with Crippen molar-refractivity contribution in [3.63, 3.8) is 0 Å². The summed E-state index contributed by atoms with van der Waals surface area (Å²) in [7, 11) is 0. The first kappa shape index (κ1) is 36.7. The third-order valence-corrected chi connectivity index (χ3v) is 14.8. The zero-order chi connectivity index (χ0) is 43.7. The van der Waals surface area contributed by atoms with Gasteiger partial charge in [0.1, 0.15) is 11.5 Å². The van der Waals surface area contributed by atoms with Crippen LogP contribution in [-0.2, 0) is 0 Å². The lowest BCUT2D eigenvalue weighted by atomic mass is 9.34. The van der Waals surface area contributed by atoms with E-state index in [1.54, 1.807) is 0 Å². The van der Waals surface area contributed by atoms with Gasteiger partial charge in [-0.15, -0.1) is 0 Å². The van der Waals surface area contributed by atoms with Gasteiger partial charge in [0.05, 0.1) is 5.52 Å². The normalized spacial score (nSPS) is 12.6. The molecule has 1 aromatic heterocycles. The van der Waals surface area contributed by atoms with E-state index in [1.807, 2.05) is 0 Å². The monoisotopic (exact) mass is 847 g/mol. The Morgan fingerprint density at radius 3 is 1.30 bits per heavy atom. The molecule has 0 radical (unpaired) electrons. The van der Waals surface area contributed by atoms with Crippen molar-refractivity contribution in [1.29, 1.82) is 0 Å². The van der Waals surface area contributed by atoms with Gasteiger partial charge in [-0.05, 0) is 140 Å². The summed E-state index contributed by atoms with van der Waals surface area (Å²) in [5.74, 6) is 1.84. The molecule has 3 heteroatoms. The van der Waals surface area contributed by atoms with Gasteiger partial charge in [0, 0.05) is 22.0 Å². The van der Waals surface area contributed by atoms with E-state index >= 15 is 0 Å². The first-order valence-electron chi connectivity index (χ1n) is 23.3. The molecule has 0 amide bonds. The van der Waals surface area contributed by atoms with Crippen molar-refractivity contribution in [2.75, 3.05) is 0 Å². The van der Waals surface area contributed by atoms with Crippen molar-refractivity contribution >= 4 is 88.0 Å². The standard InChI is InChI=1S/C64H38BNO/c1-3-18-39(19-4-1)59-43-22-7-11-26-47(43)61(48-27-12-8-23-44(48)59)41-34-35-55-51(36-41)52-37-42(38-54-64(52)66(55)56-31-17-33-58-63(56)65(54)53-30-15-16-32-57(53)67-58)62-49-28-13-9-24-45(49)60(40-20-5-2-6-21-40)46-25-10-14-29-50(46)62/h1-38H. The van der Waals surface area contributed by atoms with Crippen LogP contribution in [0.4, 0.5) is 0 Å². The molecule has 0 unspecified atom stereocenters. The average molecular weight is 848 g/mol. The smallest absolute Gasteiger partial charge is 0.256 e. The minimum absolute atomic E-state index is 0.0191. The van der Waals surface area contributed by atoms with Crippen molar-refractivity contribution < 1.29 is 4.74 Å². The van der Waals surface area contributed by atoms with Gasteiger partial charge in [-0.25, -0.2) is 0 Å². The Bertz CT molecular complexity index is 4130. The predicted molar refractivity (Wildman–Crippen MR) is 284 cm³/mol. The molecule has 0 bridgehead atoms. The number of rotatable bonds is 4. The van der Waals surface area contributed by atoms with Crippen LogP contribution in [-0.4, -0.2) is 11.3 Å². The maximum Gasteiger partial charge on any atom is 0.256 e. The number of para-hydroxylation sites is 1. The third-order valence-electron chi connectivity index (χ3n) is 14.8. The molecule has 2 aliphatic heterocycles. The van der Waals surface area contributed by atoms with E-state index in [0.29, 0.717) is 0 Å². The molecule has 2 aliphatic rings. The van der Waals surface area contributed by atoms with E-state index in [9.17, 15) is 0 Å². The Balaban J connectivity index is 1.09. The molecule has 2 nitrogen and oxygen atoms in total. The predicted octanol–water partition coefficient (Wildman–Crippen LogP) is 15.0. The highest BCUT2D eigenvalue weighted by Gasteiger charge is 2.40. The molecule has 0 aliphatic carbocycles. The van der Waals surface area contributed by atoms with Crippen LogP contribution in [0.1, 0.15) is 0 Å². The van der Waals surface area contributed by atoms with Crippen molar-refractivity contribution in [3.05, 3.63) is 231 Å².